The van der Waals surface area contributed by atoms with Crippen LogP contribution in [0.15, 0.2) is 365 Å². The van der Waals surface area contributed by atoms with Crippen molar-refractivity contribution in [3.63, 3.8) is 0 Å². The van der Waals surface area contributed by atoms with Crippen LogP contribution in [-0.4, -0.2) is 49.8 Å². The molecule has 0 unspecified atom stereocenters. The summed E-state index contributed by atoms with van der Waals surface area (Å²) < 4.78 is 0. The number of pyridine rings is 10. The third kappa shape index (κ3) is 11.2. The molecule has 0 atom stereocenters. The van der Waals surface area contributed by atoms with Crippen LogP contribution in [0, 0.1) is 0 Å². The zero-order valence-corrected chi connectivity index (χ0v) is 60.1. The summed E-state index contributed by atoms with van der Waals surface area (Å²) in [4.78, 5) is 49.3. The average Bonchev–Trinajstić information content (AvgIpc) is 0.728. The summed E-state index contributed by atoms with van der Waals surface area (Å²) in [5.74, 6) is 0. The van der Waals surface area contributed by atoms with Crippen molar-refractivity contribution in [1.82, 2.24) is 49.8 Å². The van der Waals surface area contributed by atoms with Crippen LogP contribution < -0.4 is 0 Å². The lowest BCUT2D eigenvalue weighted by molar-refractivity contribution is 1.37. The summed E-state index contributed by atoms with van der Waals surface area (Å²) in [6, 6.07) is 119. The number of fused-ring (bicyclic) bond motifs is 15. The van der Waals surface area contributed by atoms with Gasteiger partial charge in [-0.1, -0.05) is 206 Å². The standard InChI is InChI=1S/C53H31N5.C49H29N5/c1-3-12-42-40(10-1)50(41-11-2-4-13-43(41)51(42)49-25-17-33-16-15-32-8-7-28-55-52(32)53(33)58-49)48-26-21-37-31-35(19-23-45(37)57-48)34-18-22-44-36(30-34)20-24-47(56-44)39-27-29-54-46-14-6-5-9-38(39)46;1-2-6-46-40(5-1)41(23-25-50-46)47-22-17-39-29-35(15-20-44(39)53-47)34-14-19-42-38(28-34)16-21-43(52-42)36-11-9-33-27-37(12-10-32(33)26-36)45-18-13-31-8-7-30-4-3-24-51-48(30)49(31)54-45/h1-31H;1-29H. The molecule has 0 N–H and O–H groups in total. The molecule has 518 valence electrons. The summed E-state index contributed by atoms with van der Waals surface area (Å²) >= 11 is 0. The fraction of sp³-hybridized carbons (Fsp3) is 0. The van der Waals surface area contributed by atoms with Crippen molar-refractivity contribution in [1.29, 1.82) is 0 Å². The Balaban J connectivity index is 0.000000138. The van der Waals surface area contributed by atoms with E-state index in [-0.39, 0.29) is 0 Å². The van der Waals surface area contributed by atoms with Gasteiger partial charge < -0.3 is 0 Å². The average molecular weight is 1430 g/mol. The Morgan fingerprint density at radius 2 is 0.446 bits per heavy atom. The van der Waals surface area contributed by atoms with Gasteiger partial charge in [0.2, 0.25) is 0 Å². The highest BCUT2D eigenvalue weighted by Crippen LogP contribution is 2.45. The quantitative estimate of drug-likeness (QED) is 0.107. The Bertz CT molecular complexity index is 7810. The maximum atomic E-state index is 5.33. The van der Waals surface area contributed by atoms with Crippen molar-refractivity contribution in [3.8, 4) is 89.8 Å². The normalized spacial score (nSPS) is 11.8. The zero-order valence-electron chi connectivity index (χ0n) is 60.1. The van der Waals surface area contributed by atoms with E-state index in [4.69, 9.17) is 34.9 Å². The molecule has 112 heavy (non-hydrogen) atoms. The summed E-state index contributed by atoms with van der Waals surface area (Å²) in [6.07, 6.45) is 7.38. The topological polar surface area (TPSA) is 129 Å². The number of nitrogens with zero attached hydrogens (tertiary/aromatic N) is 10. The summed E-state index contributed by atoms with van der Waals surface area (Å²) in [6.45, 7) is 0. The molecule has 23 aromatic rings. The van der Waals surface area contributed by atoms with Crippen LogP contribution in [-0.2, 0) is 0 Å². The minimum absolute atomic E-state index is 0.910. The first-order chi connectivity index (χ1) is 55.4. The Kier molecular flexibility index (Phi) is 15.0. The molecule has 0 bridgehead atoms. The van der Waals surface area contributed by atoms with Crippen molar-refractivity contribution in [2.24, 2.45) is 0 Å². The van der Waals surface area contributed by atoms with Gasteiger partial charge in [0, 0.05) is 112 Å². The van der Waals surface area contributed by atoms with E-state index >= 15 is 0 Å². The zero-order chi connectivity index (χ0) is 73.7. The van der Waals surface area contributed by atoms with Crippen molar-refractivity contribution in [2.75, 3.05) is 0 Å². The van der Waals surface area contributed by atoms with Crippen LogP contribution in [0.4, 0.5) is 0 Å². The van der Waals surface area contributed by atoms with Gasteiger partial charge in [-0.05, 0) is 188 Å². The van der Waals surface area contributed by atoms with Gasteiger partial charge in [0.25, 0.3) is 0 Å². The van der Waals surface area contributed by atoms with E-state index in [0.29, 0.717) is 0 Å². The van der Waals surface area contributed by atoms with E-state index in [0.717, 1.165) is 231 Å². The number of rotatable bonds is 8. The minimum Gasteiger partial charge on any atom is -0.256 e. The second kappa shape index (κ2) is 26.3. The molecule has 10 aromatic heterocycles. The first-order valence-electron chi connectivity index (χ1n) is 37.5. The van der Waals surface area contributed by atoms with Gasteiger partial charge >= 0.3 is 0 Å². The molecule has 0 saturated carbocycles. The number of benzene rings is 13. The van der Waals surface area contributed by atoms with E-state index in [1.807, 2.05) is 85.5 Å². The SMILES string of the molecule is c1cnc2c(c1)ccc1ccc(-c3c4ccccc4c(-c4ccc5cc(-c6ccc7nc(-c8ccnc9ccccc89)ccc7c6)ccc5n4)c4ccccc34)nc12.c1cnc2c(c1)ccc1ccc(-c3ccc4cc(-c5ccc6cc(-c7ccc8nc(-c9ccnc%10ccccc9%10)ccc8c7)ccc6n5)ccc4c3)nc12. The van der Waals surface area contributed by atoms with Crippen molar-refractivity contribution < 1.29 is 0 Å². The largest absolute Gasteiger partial charge is 0.256 e. The second-order valence-electron chi connectivity index (χ2n) is 28.6. The molecule has 0 aliphatic rings. The molecule has 10 heterocycles. The molecule has 23 rings (SSSR count). The molecule has 0 spiro atoms. The Morgan fingerprint density at radius 3 is 0.875 bits per heavy atom. The first kappa shape index (κ1) is 64.0. The molecule has 10 heteroatoms. The lowest BCUT2D eigenvalue weighted by atomic mass is 9.88. The summed E-state index contributed by atoms with van der Waals surface area (Å²) in [5.41, 5.74) is 26.3. The number of hydrogen-bond donors (Lipinski definition) is 0. The van der Waals surface area contributed by atoms with Crippen LogP contribution in [0.3, 0.4) is 0 Å². The summed E-state index contributed by atoms with van der Waals surface area (Å²) in [7, 11) is 0. The van der Waals surface area contributed by atoms with Gasteiger partial charge in [0.15, 0.2) is 0 Å². The maximum Gasteiger partial charge on any atom is 0.0972 e. The van der Waals surface area contributed by atoms with E-state index in [1.54, 1.807) is 0 Å². The molecule has 0 fully saturated rings. The molecule has 0 radical (unpaired) electrons. The van der Waals surface area contributed by atoms with Gasteiger partial charge in [0.1, 0.15) is 0 Å². The fourth-order valence-electron chi connectivity index (χ4n) is 16.5. The molecule has 0 saturated heterocycles. The molecular formula is C102H60N10. The highest BCUT2D eigenvalue weighted by molar-refractivity contribution is 6.21. The van der Waals surface area contributed by atoms with Crippen LogP contribution in [0.2, 0.25) is 0 Å². The van der Waals surface area contributed by atoms with Crippen LogP contribution in [0.5, 0.6) is 0 Å². The van der Waals surface area contributed by atoms with Crippen molar-refractivity contribution in [3.05, 3.63) is 365 Å². The molecule has 0 amide bonds. The van der Waals surface area contributed by atoms with E-state index in [2.05, 4.69) is 294 Å². The highest BCUT2D eigenvalue weighted by atomic mass is 14.8. The maximum absolute atomic E-state index is 5.33. The monoisotopic (exact) mass is 1420 g/mol. The van der Waals surface area contributed by atoms with Gasteiger partial charge in [-0.25, -0.2) is 29.9 Å². The lowest BCUT2D eigenvalue weighted by Crippen LogP contribution is -1.95. The third-order valence-electron chi connectivity index (χ3n) is 22.0. The number of aromatic nitrogens is 10. The van der Waals surface area contributed by atoms with Crippen LogP contribution in [0.1, 0.15) is 0 Å². The Hall–Kier alpha value is -15.3. The predicted octanol–water partition coefficient (Wildman–Crippen LogP) is 25.7. The van der Waals surface area contributed by atoms with E-state index in [1.165, 1.54) is 0 Å². The van der Waals surface area contributed by atoms with Gasteiger partial charge in [-0.2, -0.15) is 0 Å². The lowest BCUT2D eigenvalue weighted by Gasteiger charge is -2.17. The molecule has 0 aliphatic heterocycles. The van der Waals surface area contributed by atoms with Gasteiger partial charge in [-0.15, -0.1) is 0 Å². The number of para-hydroxylation sites is 2. The van der Waals surface area contributed by atoms with Gasteiger partial charge in [0.05, 0.1) is 89.3 Å². The van der Waals surface area contributed by atoms with Crippen molar-refractivity contribution in [2.45, 2.75) is 0 Å². The molecule has 13 aromatic carbocycles. The van der Waals surface area contributed by atoms with Crippen LogP contribution >= 0.6 is 0 Å². The van der Waals surface area contributed by atoms with Crippen LogP contribution in [0.25, 0.3) is 231 Å². The smallest absolute Gasteiger partial charge is 0.0972 e. The van der Waals surface area contributed by atoms with E-state index in [9.17, 15) is 0 Å². The second-order valence-corrected chi connectivity index (χ2v) is 28.6. The number of hydrogen-bond acceptors (Lipinski definition) is 10. The first-order valence-corrected chi connectivity index (χ1v) is 37.5. The third-order valence-corrected chi connectivity index (χ3v) is 22.0. The Labute approximate surface area is 641 Å². The molecule has 0 aliphatic carbocycles. The highest BCUT2D eigenvalue weighted by Gasteiger charge is 2.21. The van der Waals surface area contributed by atoms with E-state index < -0.39 is 0 Å². The summed E-state index contributed by atoms with van der Waals surface area (Å²) in [5, 5.41) is 17.8. The minimum atomic E-state index is 0.910. The molecule has 10 nitrogen and oxygen atoms in total. The Morgan fingerprint density at radius 1 is 0.152 bits per heavy atom. The van der Waals surface area contributed by atoms with Crippen molar-refractivity contribution >= 4 is 141 Å². The van der Waals surface area contributed by atoms with Gasteiger partial charge in [-0.3, -0.25) is 19.9 Å². The fourth-order valence-corrected chi connectivity index (χ4v) is 16.5. The predicted molar refractivity (Wildman–Crippen MR) is 462 cm³/mol. The molecular weight excluding hydrogens is 1370 g/mol.